The van der Waals surface area contributed by atoms with Gasteiger partial charge in [-0.2, -0.15) is 0 Å². The van der Waals surface area contributed by atoms with Crippen LogP contribution in [0.2, 0.25) is 0 Å². The fourth-order valence-electron chi connectivity index (χ4n) is 2.90. The number of ether oxygens (including phenoxy) is 2. The Bertz CT molecular complexity index is 1110. The quantitative estimate of drug-likeness (QED) is 0.358. The third kappa shape index (κ3) is 7.59. The third-order valence-electron chi connectivity index (χ3n) is 4.84. The minimum absolute atomic E-state index is 0.117. The molecular formula is C26H26N4O6. The summed E-state index contributed by atoms with van der Waals surface area (Å²) in [5.74, 6) is -1.37. The number of carbonyl (C=O) groups is 4. The Labute approximate surface area is 207 Å². The van der Waals surface area contributed by atoms with Crippen LogP contribution in [-0.2, 0) is 9.59 Å². The van der Waals surface area contributed by atoms with Crippen LogP contribution >= 0.6 is 0 Å². The van der Waals surface area contributed by atoms with Crippen molar-refractivity contribution in [3.63, 3.8) is 0 Å². The normalized spacial score (nSPS) is 11.8. The number of nitrogens with one attached hydrogen (secondary N) is 4. The molecule has 3 aromatic rings. The molecule has 0 aromatic heterocycles. The third-order valence-corrected chi connectivity index (χ3v) is 4.84. The van der Waals surface area contributed by atoms with Gasteiger partial charge in [-0.25, -0.2) is 0 Å². The number of hydrogen-bond donors (Lipinski definition) is 4. The van der Waals surface area contributed by atoms with Crippen LogP contribution in [0.25, 0.3) is 0 Å². The molecule has 4 N–H and O–H groups in total. The van der Waals surface area contributed by atoms with Gasteiger partial charge < -0.3 is 9.47 Å². The maximum absolute atomic E-state index is 12.4. The van der Waals surface area contributed by atoms with E-state index in [2.05, 4.69) is 21.7 Å². The molecule has 0 saturated carbocycles. The molecule has 0 fully saturated rings. The lowest BCUT2D eigenvalue weighted by atomic mass is 10.1. The molecule has 186 valence electrons. The molecule has 10 heteroatoms. The summed E-state index contributed by atoms with van der Waals surface area (Å²) in [6.07, 6.45) is -1.72. The number of amides is 4. The van der Waals surface area contributed by atoms with Crippen LogP contribution < -0.4 is 31.2 Å². The van der Waals surface area contributed by atoms with Crippen molar-refractivity contribution < 1.29 is 28.7 Å². The zero-order valence-corrected chi connectivity index (χ0v) is 19.7. The Kier molecular flexibility index (Phi) is 8.99. The van der Waals surface area contributed by atoms with Crippen LogP contribution in [0.3, 0.4) is 0 Å². The van der Waals surface area contributed by atoms with E-state index in [1.165, 1.54) is 24.3 Å². The fraction of sp³-hybridized carbons (Fsp3) is 0.154. The first-order chi connectivity index (χ1) is 17.3. The monoisotopic (exact) mass is 490 g/mol. The van der Waals surface area contributed by atoms with Crippen molar-refractivity contribution in [1.82, 2.24) is 21.7 Å². The van der Waals surface area contributed by atoms with Gasteiger partial charge in [-0.05, 0) is 56.3 Å². The highest BCUT2D eigenvalue weighted by atomic mass is 16.5. The van der Waals surface area contributed by atoms with Crippen LogP contribution in [0.5, 0.6) is 11.5 Å². The molecule has 0 heterocycles. The number of hydrogen-bond acceptors (Lipinski definition) is 6. The zero-order chi connectivity index (χ0) is 25.9. The molecule has 0 bridgehead atoms. The summed E-state index contributed by atoms with van der Waals surface area (Å²) in [6.45, 7) is 3.08. The van der Waals surface area contributed by atoms with Crippen molar-refractivity contribution >= 4 is 23.6 Å². The molecule has 3 rings (SSSR count). The maximum Gasteiger partial charge on any atom is 0.279 e. The van der Waals surface area contributed by atoms with Gasteiger partial charge in [-0.15, -0.1) is 0 Å². The highest BCUT2D eigenvalue weighted by Gasteiger charge is 2.18. The van der Waals surface area contributed by atoms with E-state index in [1.807, 2.05) is 12.1 Å². The van der Waals surface area contributed by atoms with Gasteiger partial charge in [0.2, 0.25) is 0 Å². The second-order valence-corrected chi connectivity index (χ2v) is 7.61. The lowest BCUT2D eigenvalue weighted by molar-refractivity contribution is -0.128. The Balaban J connectivity index is 1.48. The first-order valence-electron chi connectivity index (χ1n) is 11.1. The van der Waals surface area contributed by atoms with Gasteiger partial charge in [0.1, 0.15) is 11.5 Å². The minimum Gasteiger partial charge on any atom is -0.481 e. The Morgan fingerprint density at radius 1 is 0.556 bits per heavy atom. The van der Waals surface area contributed by atoms with Gasteiger partial charge in [-0.1, -0.05) is 42.5 Å². The first kappa shape index (κ1) is 25.8. The standard InChI is InChI=1S/C26H26N4O6/c1-17(35-21-12-5-3-6-13-21)23(31)27-29-25(33)19-10-9-11-20(16-19)26(34)30-28-24(32)18(2)36-22-14-7-4-8-15-22/h3-18H,1-2H3,(H,27,31)(H,28,32)(H,29,33)(H,30,34). The second-order valence-electron chi connectivity index (χ2n) is 7.61. The summed E-state index contributed by atoms with van der Waals surface area (Å²) in [5.41, 5.74) is 9.38. The van der Waals surface area contributed by atoms with E-state index in [0.717, 1.165) is 0 Å². The Hall–Kier alpha value is -4.86. The van der Waals surface area contributed by atoms with E-state index in [-0.39, 0.29) is 11.1 Å². The lowest BCUT2D eigenvalue weighted by Gasteiger charge is -2.16. The summed E-state index contributed by atoms with van der Waals surface area (Å²) >= 11 is 0. The zero-order valence-electron chi connectivity index (χ0n) is 19.7. The van der Waals surface area contributed by atoms with E-state index >= 15 is 0 Å². The summed E-state index contributed by atoms with van der Waals surface area (Å²) in [6, 6.07) is 23.3. The van der Waals surface area contributed by atoms with Gasteiger partial charge in [0, 0.05) is 11.1 Å². The van der Waals surface area contributed by atoms with E-state index in [1.54, 1.807) is 62.4 Å². The molecule has 0 radical (unpaired) electrons. The lowest BCUT2D eigenvalue weighted by Crippen LogP contribution is -2.47. The summed E-state index contributed by atoms with van der Waals surface area (Å²) in [7, 11) is 0. The molecule has 0 saturated heterocycles. The average Bonchev–Trinajstić information content (AvgIpc) is 2.91. The van der Waals surface area contributed by atoms with Crippen molar-refractivity contribution in [2.45, 2.75) is 26.1 Å². The molecule has 36 heavy (non-hydrogen) atoms. The molecule has 10 nitrogen and oxygen atoms in total. The topological polar surface area (TPSA) is 135 Å². The van der Waals surface area contributed by atoms with Crippen molar-refractivity contribution in [2.24, 2.45) is 0 Å². The molecule has 2 unspecified atom stereocenters. The van der Waals surface area contributed by atoms with Crippen LogP contribution in [0.1, 0.15) is 34.6 Å². The Morgan fingerprint density at radius 3 is 1.33 bits per heavy atom. The number of rotatable bonds is 8. The smallest absolute Gasteiger partial charge is 0.279 e. The van der Waals surface area contributed by atoms with Crippen molar-refractivity contribution in [1.29, 1.82) is 0 Å². The van der Waals surface area contributed by atoms with Crippen LogP contribution in [-0.4, -0.2) is 35.8 Å². The van der Waals surface area contributed by atoms with Crippen molar-refractivity contribution in [3.05, 3.63) is 96.1 Å². The van der Waals surface area contributed by atoms with Gasteiger partial charge in [0.05, 0.1) is 0 Å². The van der Waals surface area contributed by atoms with E-state index in [4.69, 9.17) is 9.47 Å². The number of carbonyl (C=O) groups excluding carboxylic acids is 4. The first-order valence-corrected chi connectivity index (χ1v) is 11.1. The number of benzene rings is 3. The van der Waals surface area contributed by atoms with Crippen LogP contribution in [0.15, 0.2) is 84.9 Å². The molecule has 0 aliphatic heterocycles. The molecule has 2 atom stereocenters. The van der Waals surface area contributed by atoms with Gasteiger partial charge in [0.25, 0.3) is 23.6 Å². The van der Waals surface area contributed by atoms with Gasteiger partial charge in [0.15, 0.2) is 12.2 Å². The number of hydrazine groups is 2. The SMILES string of the molecule is CC(Oc1ccccc1)C(=O)NNC(=O)c1cccc(C(=O)NNC(=O)C(C)Oc2ccccc2)c1. The maximum atomic E-state index is 12.4. The molecule has 3 aromatic carbocycles. The van der Waals surface area contributed by atoms with E-state index in [9.17, 15) is 19.2 Å². The predicted molar refractivity (Wildman–Crippen MR) is 131 cm³/mol. The summed E-state index contributed by atoms with van der Waals surface area (Å²) in [5, 5.41) is 0. The molecule has 0 spiro atoms. The van der Waals surface area contributed by atoms with E-state index < -0.39 is 35.8 Å². The van der Waals surface area contributed by atoms with Gasteiger partial charge >= 0.3 is 0 Å². The molecule has 0 aliphatic carbocycles. The fourth-order valence-corrected chi connectivity index (χ4v) is 2.90. The van der Waals surface area contributed by atoms with E-state index in [0.29, 0.717) is 11.5 Å². The van der Waals surface area contributed by atoms with Gasteiger partial charge in [-0.3, -0.25) is 40.9 Å². The van der Waals surface area contributed by atoms with Crippen molar-refractivity contribution in [3.8, 4) is 11.5 Å². The largest absolute Gasteiger partial charge is 0.481 e. The van der Waals surface area contributed by atoms with Crippen molar-refractivity contribution in [2.75, 3.05) is 0 Å². The van der Waals surface area contributed by atoms with Crippen LogP contribution in [0.4, 0.5) is 0 Å². The Morgan fingerprint density at radius 2 is 0.944 bits per heavy atom. The summed E-state index contributed by atoms with van der Waals surface area (Å²) in [4.78, 5) is 49.3. The molecular weight excluding hydrogens is 464 g/mol. The highest BCUT2D eigenvalue weighted by molar-refractivity contribution is 6.00. The number of para-hydroxylation sites is 2. The predicted octanol–water partition coefficient (Wildman–Crippen LogP) is 2.14. The molecule has 4 amide bonds. The minimum atomic E-state index is -0.860. The molecule has 0 aliphatic rings. The second kappa shape index (κ2) is 12.6. The highest BCUT2D eigenvalue weighted by Crippen LogP contribution is 2.12. The van der Waals surface area contributed by atoms with Crippen LogP contribution in [0, 0.1) is 0 Å². The summed E-state index contributed by atoms with van der Waals surface area (Å²) < 4.78 is 11.0. The average molecular weight is 491 g/mol.